The van der Waals surface area contributed by atoms with E-state index in [9.17, 15) is 13.2 Å². The van der Waals surface area contributed by atoms with Crippen LogP contribution in [-0.2, 0) is 10.0 Å². The number of carboxylic acid groups (broad SMARTS) is 1. The van der Waals surface area contributed by atoms with Crippen molar-refractivity contribution in [3.8, 4) is 0 Å². The first-order valence-electron chi connectivity index (χ1n) is 7.25. The number of carboxylic acids is 1. The van der Waals surface area contributed by atoms with Crippen molar-refractivity contribution in [2.45, 2.75) is 43.5 Å². The van der Waals surface area contributed by atoms with E-state index in [1.807, 2.05) is 0 Å². The molecule has 21 heavy (non-hydrogen) atoms. The van der Waals surface area contributed by atoms with E-state index in [-0.39, 0.29) is 16.5 Å². The van der Waals surface area contributed by atoms with E-state index in [0.29, 0.717) is 18.0 Å². The van der Waals surface area contributed by atoms with Gasteiger partial charge in [-0.1, -0.05) is 6.07 Å². The van der Waals surface area contributed by atoms with Gasteiger partial charge in [-0.25, -0.2) is 13.2 Å². The molecule has 5 nitrogen and oxygen atoms in total. The molecule has 0 aromatic heterocycles. The van der Waals surface area contributed by atoms with Gasteiger partial charge in [0.1, 0.15) is 0 Å². The molecule has 3 rings (SSSR count). The van der Waals surface area contributed by atoms with Gasteiger partial charge in [-0.05, 0) is 56.2 Å². The Balaban J connectivity index is 1.99. The molecule has 0 atom stereocenters. The number of aryl methyl sites for hydroxylation is 1. The van der Waals surface area contributed by atoms with E-state index >= 15 is 0 Å². The largest absolute Gasteiger partial charge is 0.478 e. The zero-order valence-corrected chi connectivity index (χ0v) is 12.8. The zero-order valence-electron chi connectivity index (χ0n) is 11.9. The van der Waals surface area contributed by atoms with Gasteiger partial charge in [0, 0.05) is 12.6 Å². The summed E-state index contributed by atoms with van der Waals surface area (Å²) in [5, 5.41) is 9.07. The highest BCUT2D eigenvalue weighted by molar-refractivity contribution is 7.89. The second-order valence-electron chi connectivity index (χ2n) is 6.03. The van der Waals surface area contributed by atoms with Crippen molar-refractivity contribution in [2.75, 3.05) is 6.54 Å². The van der Waals surface area contributed by atoms with Crippen molar-refractivity contribution < 1.29 is 18.3 Å². The first-order chi connectivity index (χ1) is 9.89. The summed E-state index contributed by atoms with van der Waals surface area (Å²) in [5.74, 6) is -0.630. The summed E-state index contributed by atoms with van der Waals surface area (Å²) < 4.78 is 27.4. The molecule has 0 unspecified atom stereocenters. The lowest BCUT2D eigenvalue weighted by Gasteiger charge is -2.23. The average molecular weight is 309 g/mol. The number of benzene rings is 1. The molecule has 2 fully saturated rings. The number of carbonyl (C=O) groups is 1. The number of nitrogens with zero attached hydrogens (tertiary/aromatic N) is 1. The smallest absolute Gasteiger partial charge is 0.335 e. The molecule has 0 aliphatic heterocycles. The van der Waals surface area contributed by atoms with Gasteiger partial charge in [0.25, 0.3) is 0 Å². The Morgan fingerprint density at radius 1 is 1.29 bits per heavy atom. The van der Waals surface area contributed by atoms with Crippen LogP contribution in [0.5, 0.6) is 0 Å². The summed E-state index contributed by atoms with van der Waals surface area (Å²) in [7, 11) is -3.61. The standard InChI is InChI=1S/C15H19NO4S/c1-10-2-5-12(15(17)18)8-14(10)21(19,20)16(13-6-7-13)9-11-3-4-11/h2,5,8,11,13H,3-4,6-7,9H2,1H3,(H,17,18). The van der Waals surface area contributed by atoms with Gasteiger partial charge in [0.15, 0.2) is 0 Å². The number of aromatic carboxylic acids is 1. The Labute approximate surface area is 124 Å². The van der Waals surface area contributed by atoms with Gasteiger partial charge in [0.2, 0.25) is 10.0 Å². The Morgan fingerprint density at radius 2 is 1.95 bits per heavy atom. The van der Waals surface area contributed by atoms with E-state index in [1.54, 1.807) is 17.3 Å². The fourth-order valence-corrected chi connectivity index (χ4v) is 4.51. The van der Waals surface area contributed by atoms with Crippen LogP contribution in [0.4, 0.5) is 0 Å². The highest BCUT2D eigenvalue weighted by Crippen LogP contribution is 2.38. The first-order valence-corrected chi connectivity index (χ1v) is 8.69. The highest BCUT2D eigenvalue weighted by atomic mass is 32.2. The lowest BCUT2D eigenvalue weighted by atomic mass is 10.1. The van der Waals surface area contributed by atoms with Crippen LogP contribution in [0.15, 0.2) is 23.1 Å². The van der Waals surface area contributed by atoms with Crippen molar-refractivity contribution in [3.05, 3.63) is 29.3 Å². The Bertz CT molecular complexity index is 675. The van der Waals surface area contributed by atoms with E-state index in [0.717, 1.165) is 25.7 Å². The maximum absolute atomic E-state index is 12.9. The predicted octanol–water partition coefficient (Wildman–Crippen LogP) is 2.26. The minimum Gasteiger partial charge on any atom is -0.478 e. The Kier molecular flexibility index (Phi) is 3.53. The molecule has 2 aliphatic carbocycles. The van der Waals surface area contributed by atoms with Crippen molar-refractivity contribution in [3.63, 3.8) is 0 Å². The van der Waals surface area contributed by atoms with Crippen molar-refractivity contribution >= 4 is 16.0 Å². The second kappa shape index (κ2) is 5.10. The molecule has 0 bridgehead atoms. The van der Waals surface area contributed by atoms with E-state index < -0.39 is 16.0 Å². The predicted molar refractivity (Wildman–Crippen MR) is 77.8 cm³/mol. The highest BCUT2D eigenvalue weighted by Gasteiger charge is 2.41. The van der Waals surface area contributed by atoms with E-state index in [4.69, 9.17) is 5.11 Å². The van der Waals surface area contributed by atoms with Crippen LogP contribution in [0.2, 0.25) is 0 Å². The van der Waals surface area contributed by atoms with E-state index in [2.05, 4.69) is 0 Å². The molecule has 0 spiro atoms. The molecule has 114 valence electrons. The first kappa shape index (κ1) is 14.5. The molecular formula is C15H19NO4S. The van der Waals surface area contributed by atoms with Gasteiger partial charge in [-0.3, -0.25) is 0 Å². The molecule has 0 heterocycles. The molecule has 0 saturated heterocycles. The van der Waals surface area contributed by atoms with E-state index in [1.165, 1.54) is 12.1 Å². The molecular weight excluding hydrogens is 290 g/mol. The third-order valence-corrected chi connectivity index (χ3v) is 6.17. The SMILES string of the molecule is Cc1ccc(C(=O)O)cc1S(=O)(=O)N(CC1CC1)C1CC1. The van der Waals surface area contributed by atoms with Gasteiger partial charge < -0.3 is 5.11 Å². The third-order valence-electron chi connectivity index (χ3n) is 4.11. The monoisotopic (exact) mass is 309 g/mol. The minimum atomic E-state index is -3.61. The number of hydrogen-bond donors (Lipinski definition) is 1. The molecule has 1 N–H and O–H groups in total. The Hall–Kier alpha value is -1.40. The molecule has 2 aliphatic rings. The lowest BCUT2D eigenvalue weighted by molar-refractivity contribution is 0.0696. The summed E-state index contributed by atoms with van der Waals surface area (Å²) in [4.78, 5) is 11.2. The number of rotatable bonds is 6. The topological polar surface area (TPSA) is 74.7 Å². The summed E-state index contributed by atoms with van der Waals surface area (Å²) in [6.45, 7) is 2.28. The average Bonchev–Trinajstić information content (AvgIpc) is 3.28. The molecule has 6 heteroatoms. The van der Waals surface area contributed by atoms with Crippen molar-refractivity contribution in [1.82, 2.24) is 4.31 Å². The van der Waals surface area contributed by atoms with Crippen LogP contribution >= 0.6 is 0 Å². The summed E-state index contributed by atoms with van der Waals surface area (Å²) >= 11 is 0. The quantitative estimate of drug-likeness (QED) is 0.874. The summed E-state index contributed by atoms with van der Waals surface area (Å²) in [6, 6.07) is 4.40. The van der Waals surface area contributed by atoms with Crippen LogP contribution in [0.1, 0.15) is 41.6 Å². The van der Waals surface area contributed by atoms with Gasteiger partial charge in [-0.15, -0.1) is 0 Å². The van der Waals surface area contributed by atoms with Gasteiger partial charge in [0.05, 0.1) is 10.5 Å². The number of sulfonamides is 1. The van der Waals surface area contributed by atoms with Crippen LogP contribution in [0.3, 0.4) is 0 Å². The fraction of sp³-hybridized carbons (Fsp3) is 0.533. The molecule has 0 amide bonds. The fourth-order valence-electron chi connectivity index (χ4n) is 2.50. The van der Waals surface area contributed by atoms with Crippen molar-refractivity contribution in [2.24, 2.45) is 5.92 Å². The zero-order chi connectivity index (χ0) is 15.2. The molecule has 0 radical (unpaired) electrons. The van der Waals surface area contributed by atoms with Crippen LogP contribution in [0, 0.1) is 12.8 Å². The Morgan fingerprint density at radius 3 is 2.48 bits per heavy atom. The maximum Gasteiger partial charge on any atom is 0.335 e. The van der Waals surface area contributed by atoms with Gasteiger partial charge >= 0.3 is 5.97 Å². The molecule has 1 aromatic carbocycles. The van der Waals surface area contributed by atoms with Crippen molar-refractivity contribution in [1.29, 1.82) is 0 Å². The molecule has 1 aromatic rings. The lowest BCUT2D eigenvalue weighted by Crippen LogP contribution is -2.35. The summed E-state index contributed by atoms with van der Waals surface area (Å²) in [6.07, 6.45) is 3.99. The van der Waals surface area contributed by atoms with Gasteiger partial charge in [-0.2, -0.15) is 4.31 Å². The third kappa shape index (κ3) is 2.96. The van der Waals surface area contributed by atoms with Crippen LogP contribution in [0.25, 0.3) is 0 Å². The summed E-state index contributed by atoms with van der Waals surface area (Å²) in [5.41, 5.74) is 0.614. The second-order valence-corrected chi connectivity index (χ2v) is 7.89. The molecule has 2 saturated carbocycles. The maximum atomic E-state index is 12.9. The number of hydrogen-bond acceptors (Lipinski definition) is 3. The normalized spacial score (nSPS) is 19.0. The van der Waals surface area contributed by atoms with Crippen LogP contribution in [-0.4, -0.2) is 36.4 Å². The van der Waals surface area contributed by atoms with Crippen LogP contribution < -0.4 is 0 Å². The minimum absolute atomic E-state index is 0.0151.